The van der Waals surface area contributed by atoms with Gasteiger partial charge in [-0.25, -0.2) is 28.1 Å². The molecule has 0 aliphatic heterocycles. The van der Waals surface area contributed by atoms with Crippen LogP contribution in [0, 0.1) is 17.6 Å². The Labute approximate surface area is 293 Å². The van der Waals surface area contributed by atoms with Crippen LogP contribution in [0.5, 0.6) is 0 Å². The van der Waals surface area contributed by atoms with Gasteiger partial charge in [0.05, 0.1) is 17.3 Å². The third-order valence-corrected chi connectivity index (χ3v) is 10.2. The number of hydrogen-bond acceptors (Lipinski definition) is 6. The number of imidazole rings is 1. The van der Waals surface area contributed by atoms with E-state index in [2.05, 4.69) is 67.0 Å². The number of benzene rings is 2. The Bertz CT molecular complexity index is 2380. The molecule has 0 spiro atoms. The van der Waals surface area contributed by atoms with Gasteiger partial charge in [0.15, 0.2) is 11.4 Å². The lowest BCUT2D eigenvalue weighted by Gasteiger charge is -2.31. The third kappa shape index (κ3) is 6.90. The first-order valence-corrected chi connectivity index (χ1v) is 17.3. The summed E-state index contributed by atoms with van der Waals surface area (Å²) in [6.45, 7) is 7.33. The number of hydrogen-bond donors (Lipinski definition) is 0. The summed E-state index contributed by atoms with van der Waals surface area (Å²) in [5.41, 5.74) is 3.31. The summed E-state index contributed by atoms with van der Waals surface area (Å²) < 4.78 is 32.3. The summed E-state index contributed by atoms with van der Waals surface area (Å²) in [7, 11) is 2.10. The van der Waals surface area contributed by atoms with Crippen molar-refractivity contribution in [2.24, 2.45) is 5.92 Å². The number of carbonyl (C=O) groups excluding carboxylic acids is 1. The second kappa shape index (κ2) is 13.4. The van der Waals surface area contributed by atoms with Crippen molar-refractivity contribution in [2.45, 2.75) is 71.0 Å². The van der Waals surface area contributed by atoms with E-state index in [-0.39, 0.29) is 40.4 Å². The maximum Gasteiger partial charge on any atom is 0.337 e. The van der Waals surface area contributed by atoms with Gasteiger partial charge < -0.3 is 4.40 Å². The van der Waals surface area contributed by atoms with Gasteiger partial charge in [0, 0.05) is 36.9 Å². The Balaban J connectivity index is 1.16. The highest BCUT2D eigenvalue weighted by Crippen LogP contribution is 2.34. The number of aromatic nitrogens is 5. The average Bonchev–Trinajstić information content (AvgIpc) is 3.53. The molecule has 0 amide bonds. The molecule has 0 radical (unpaired) electrons. The van der Waals surface area contributed by atoms with Gasteiger partial charge in [0.25, 0.3) is 5.56 Å². The molecule has 7 rings (SSSR count). The van der Waals surface area contributed by atoms with E-state index in [9.17, 15) is 23.2 Å². The Morgan fingerprint density at radius 3 is 2.37 bits per heavy atom. The van der Waals surface area contributed by atoms with E-state index in [1.807, 2.05) is 18.2 Å². The minimum atomic E-state index is -0.667. The highest BCUT2D eigenvalue weighted by molar-refractivity contribution is 5.95. The van der Waals surface area contributed by atoms with Crippen molar-refractivity contribution >= 4 is 22.5 Å². The van der Waals surface area contributed by atoms with Crippen LogP contribution in [0.1, 0.15) is 75.0 Å². The first-order chi connectivity index (χ1) is 24.4. The standard InChI is InChI=1S/C40H40F2N6O3/c1-40(2,3)45(4)22-26-8-12-27(13-9-26)28-6-5-7-32(19-28)47-37-33(20-30(42)21-43-37)38(50)48(39(47)51)31-15-10-25(11-16-31)18-35(49)34-24-46-23-29(41)14-17-36(46)44-34/h5-9,12-14,17,19-21,23-25,31H,10-11,15-16,18,22H2,1-4H3. The molecule has 6 aromatic rings. The van der Waals surface area contributed by atoms with Crippen LogP contribution in [0.3, 0.4) is 0 Å². The average molecular weight is 691 g/mol. The second-order valence-corrected chi connectivity index (χ2v) is 14.6. The first kappa shape index (κ1) is 34.2. The fourth-order valence-corrected chi connectivity index (χ4v) is 6.95. The highest BCUT2D eigenvalue weighted by Gasteiger charge is 2.29. The zero-order valence-corrected chi connectivity index (χ0v) is 29.1. The van der Waals surface area contributed by atoms with Crippen LogP contribution in [0.15, 0.2) is 94.9 Å². The maximum absolute atomic E-state index is 14.5. The van der Waals surface area contributed by atoms with Crippen molar-refractivity contribution in [2.75, 3.05) is 7.05 Å². The molecule has 0 atom stereocenters. The largest absolute Gasteiger partial charge is 0.337 e. The van der Waals surface area contributed by atoms with E-state index in [0.29, 0.717) is 37.0 Å². The molecule has 0 saturated heterocycles. The van der Waals surface area contributed by atoms with E-state index in [4.69, 9.17) is 0 Å². The topological polar surface area (TPSA) is 94.5 Å². The number of fused-ring (bicyclic) bond motifs is 2. The zero-order valence-electron chi connectivity index (χ0n) is 29.1. The molecule has 1 fully saturated rings. The predicted molar refractivity (Wildman–Crippen MR) is 193 cm³/mol. The van der Waals surface area contributed by atoms with Gasteiger partial charge >= 0.3 is 5.69 Å². The molecule has 0 bridgehead atoms. The molecule has 4 heterocycles. The lowest BCUT2D eigenvalue weighted by atomic mass is 9.82. The Kier molecular flexibility index (Phi) is 9.01. The molecular formula is C40H40F2N6O3. The number of halogens is 2. The molecule has 1 saturated carbocycles. The number of nitrogens with zero attached hydrogens (tertiary/aromatic N) is 6. The molecule has 1 aliphatic rings. The van der Waals surface area contributed by atoms with Gasteiger partial charge in [-0.05, 0) is 106 Å². The molecule has 0 N–H and O–H groups in total. The van der Waals surface area contributed by atoms with E-state index in [1.165, 1.54) is 43.6 Å². The summed E-state index contributed by atoms with van der Waals surface area (Å²) in [5, 5.41) is 0.0212. The quantitative estimate of drug-likeness (QED) is 0.155. The first-order valence-electron chi connectivity index (χ1n) is 17.3. The van der Waals surface area contributed by atoms with Crippen LogP contribution in [-0.4, -0.2) is 46.8 Å². The van der Waals surface area contributed by atoms with Gasteiger partial charge in [0.1, 0.15) is 23.0 Å². The SMILES string of the molecule is CN(Cc1ccc(-c2cccc(-n3c(=O)n(C4CCC(CC(=O)c5cn6cc(F)ccc6n5)CC4)c(=O)c4cc(F)cnc43)c2)cc1)C(C)(C)C. The molecule has 11 heteroatoms. The number of ketones is 1. The van der Waals surface area contributed by atoms with Gasteiger partial charge in [-0.2, -0.15) is 0 Å². The molecule has 262 valence electrons. The van der Waals surface area contributed by atoms with Crippen LogP contribution in [0.25, 0.3) is 33.5 Å². The van der Waals surface area contributed by atoms with Crippen LogP contribution >= 0.6 is 0 Å². The van der Waals surface area contributed by atoms with Crippen molar-refractivity contribution < 1.29 is 13.6 Å². The molecule has 1 aliphatic carbocycles. The lowest BCUT2D eigenvalue weighted by Crippen LogP contribution is -2.43. The third-order valence-electron chi connectivity index (χ3n) is 10.2. The summed E-state index contributed by atoms with van der Waals surface area (Å²) in [6, 6.07) is 19.3. The fraction of sp³-hybridized carbons (Fsp3) is 0.325. The maximum atomic E-state index is 14.5. The number of Topliss-reactive ketones (excluding diaryl/α,β-unsaturated/α-hetero) is 1. The van der Waals surface area contributed by atoms with Gasteiger partial charge in [0.2, 0.25) is 0 Å². The molecule has 51 heavy (non-hydrogen) atoms. The Morgan fingerprint density at radius 2 is 1.65 bits per heavy atom. The number of pyridine rings is 2. The predicted octanol–water partition coefficient (Wildman–Crippen LogP) is 7.37. The Hall–Kier alpha value is -5.29. The number of rotatable bonds is 8. The Morgan fingerprint density at radius 1 is 0.902 bits per heavy atom. The normalized spacial score (nSPS) is 16.7. The monoisotopic (exact) mass is 690 g/mol. The van der Waals surface area contributed by atoms with Gasteiger partial charge in [-0.3, -0.25) is 19.1 Å². The van der Waals surface area contributed by atoms with E-state index in [1.54, 1.807) is 6.07 Å². The molecule has 2 aromatic carbocycles. The van der Waals surface area contributed by atoms with Gasteiger partial charge in [-0.15, -0.1) is 0 Å². The van der Waals surface area contributed by atoms with Gasteiger partial charge in [-0.1, -0.05) is 36.4 Å². The second-order valence-electron chi connectivity index (χ2n) is 14.6. The van der Waals surface area contributed by atoms with Crippen molar-refractivity contribution in [3.8, 4) is 16.8 Å². The van der Waals surface area contributed by atoms with Crippen LogP contribution in [0.2, 0.25) is 0 Å². The summed E-state index contributed by atoms with van der Waals surface area (Å²) in [6.07, 6.45) is 6.30. The summed E-state index contributed by atoms with van der Waals surface area (Å²) >= 11 is 0. The molecule has 9 nitrogen and oxygen atoms in total. The lowest BCUT2D eigenvalue weighted by molar-refractivity contribution is 0.0938. The zero-order chi connectivity index (χ0) is 36.0. The van der Waals surface area contributed by atoms with Crippen molar-refractivity contribution in [1.82, 2.24) is 28.4 Å². The summed E-state index contributed by atoms with van der Waals surface area (Å²) in [5.74, 6) is -1.19. The fourth-order valence-electron chi connectivity index (χ4n) is 6.95. The van der Waals surface area contributed by atoms with Crippen LogP contribution in [0.4, 0.5) is 8.78 Å². The minimum Gasteiger partial charge on any atom is -0.303 e. The number of carbonyl (C=O) groups is 1. The highest BCUT2D eigenvalue weighted by atomic mass is 19.1. The van der Waals surface area contributed by atoms with E-state index < -0.39 is 28.9 Å². The molecular weight excluding hydrogens is 650 g/mol. The summed E-state index contributed by atoms with van der Waals surface area (Å²) in [4.78, 5) is 52.1. The smallest absolute Gasteiger partial charge is 0.303 e. The van der Waals surface area contributed by atoms with Crippen molar-refractivity contribution in [3.05, 3.63) is 129 Å². The van der Waals surface area contributed by atoms with Crippen molar-refractivity contribution in [1.29, 1.82) is 0 Å². The van der Waals surface area contributed by atoms with Crippen LogP contribution < -0.4 is 11.2 Å². The van der Waals surface area contributed by atoms with Crippen LogP contribution in [-0.2, 0) is 6.54 Å². The van der Waals surface area contributed by atoms with E-state index in [0.717, 1.165) is 29.9 Å². The van der Waals surface area contributed by atoms with E-state index >= 15 is 0 Å². The molecule has 0 unspecified atom stereocenters. The molecule has 4 aromatic heterocycles. The minimum absolute atomic E-state index is 0.0212. The van der Waals surface area contributed by atoms with Crippen molar-refractivity contribution in [3.63, 3.8) is 0 Å².